The van der Waals surface area contributed by atoms with Gasteiger partial charge in [0, 0.05) is 0 Å². The first kappa shape index (κ1) is 10.7. The maximum atomic E-state index is 4.23. The number of allylic oxidation sites excluding steroid dienone is 1. The normalized spacial score (nSPS) is 10.6. The summed E-state index contributed by atoms with van der Waals surface area (Å²) in [5, 5.41) is 0. The van der Waals surface area contributed by atoms with Gasteiger partial charge < -0.3 is 0 Å². The Balaban J connectivity index is 2.79. The third kappa shape index (κ3) is 4.06. The van der Waals surface area contributed by atoms with Gasteiger partial charge in [-0.3, -0.25) is 0 Å². The molecule has 0 N–H and O–H groups in total. The molecule has 0 aliphatic carbocycles. The van der Waals surface area contributed by atoms with Crippen LogP contribution in [0.1, 0.15) is 26.3 Å². The predicted octanol–water partition coefficient (Wildman–Crippen LogP) is 3.90. The summed E-state index contributed by atoms with van der Waals surface area (Å²) in [4.78, 5) is 4.23. The van der Waals surface area contributed by atoms with Crippen LogP contribution >= 0.6 is 0 Å². The van der Waals surface area contributed by atoms with Gasteiger partial charge in [-0.05, 0) is 36.4 Å². The molecular formula is C13H17N. The Hall–Kier alpha value is -1.33. The fourth-order valence-electron chi connectivity index (χ4n) is 0.920. The maximum absolute atomic E-state index is 4.23. The number of aryl methyl sites for hydroxylation is 1. The van der Waals surface area contributed by atoms with E-state index in [0.717, 1.165) is 5.69 Å². The average molecular weight is 187 g/mol. The van der Waals surface area contributed by atoms with Crippen molar-refractivity contribution in [2.45, 2.75) is 27.7 Å². The topological polar surface area (TPSA) is 12.4 Å². The zero-order valence-electron chi connectivity index (χ0n) is 9.33. The van der Waals surface area contributed by atoms with Gasteiger partial charge in [0.2, 0.25) is 0 Å². The molecule has 0 bridgehead atoms. The molecule has 1 nitrogen and oxygen atoms in total. The number of nitrogens with zero attached hydrogens (tertiary/aromatic N) is 1. The molecule has 1 heteroatoms. The number of hydrogen-bond acceptors (Lipinski definition) is 1. The van der Waals surface area contributed by atoms with Crippen molar-refractivity contribution in [2.75, 3.05) is 0 Å². The summed E-state index contributed by atoms with van der Waals surface area (Å²) in [6.45, 7) is 8.46. The van der Waals surface area contributed by atoms with Crippen molar-refractivity contribution >= 4 is 11.6 Å². The van der Waals surface area contributed by atoms with E-state index < -0.39 is 0 Å². The highest BCUT2D eigenvalue weighted by Crippen LogP contribution is 2.14. The Kier molecular flexibility index (Phi) is 3.27. The average Bonchev–Trinajstić information content (AvgIpc) is 2.06. The van der Waals surface area contributed by atoms with Crippen molar-refractivity contribution in [3.05, 3.63) is 35.9 Å². The van der Waals surface area contributed by atoms with Gasteiger partial charge in [0.25, 0.3) is 0 Å². The van der Waals surface area contributed by atoms with Gasteiger partial charge in [-0.25, -0.2) is 4.99 Å². The van der Waals surface area contributed by atoms with Crippen LogP contribution in [0, 0.1) is 12.3 Å². The van der Waals surface area contributed by atoms with Crippen LogP contribution in [0.25, 0.3) is 0 Å². The van der Waals surface area contributed by atoms with E-state index in [1.807, 2.05) is 18.2 Å². The lowest BCUT2D eigenvalue weighted by molar-refractivity contribution is 0.549. The van der Waals surface area contributed by atoms with Gasteiger partial charge >= 0.3 is 0 Å². The smallest absolute Gasteiger partial charge is 0.0729 e. The quantitative estimate of drug-likeness (QED) is 0.591. The molecule has 0 atom stereocenters. The van der Waals surface area contributed by atoms with E-state index in [-0.39, 0.29) is 5.41 Å². The third-order valence-electron chi connectivity index (χ3n) is 1.73. The first-order valence-corrected chi connectivity index (χ1v) is 4.85. The van der Waals surface area contributed by atoms with Crippen molar-refractivity contribution < 1.29 is 0 Å². The summed E-state index contributed by atoms with van der Waals surface area (Å²) >= 11 is 0. The molecule has 0 spiro atoms. The van der Waals surface area contributed by atoms with Crippen LogP contribution in [0.4, 0.5) is 5.69 Å². The molecule has 0 saturated heterocycles. The van der Waals surface area contributed by atoms with Gasteiger partial charge in [-0.1, -0.05) is 38.5 Å². The van der Waals surface area contributed by atoms with Gasteiger partial charge in [0.05, 0.1) is 5.69 Å². The lowest BCUT2D eigenvalue weighted by Gasteiger charge is -2.07. The second-order valence-electron chi connectivity index (χ2n) is 4.59. The van der Waals surface area contributed by atoms with Crippen molar-refractivity contribution in [1.82, 2.24) is 0 Å². The van der Waals surface area contributed by atoms with Crippen LogP contribution in [-0.2, 0) is 0 Å². The minimum atomic E-state index is 0.147. The van der Waals surface area contributed by atoms with E-state index in [4.69, 9.17) is 0 Å². The number of rotatable bonds is 1. The Bertz CT molecular complexity index is 346. The minimum Gasteiger partial charge on any atom is -0.207 e. The summed E-state index contributed by atoms with van der Waals surface area (Å²) in [6.07, 6.45) is 1.98. The first-order chi connectivity index (χ1) is 6.47. The molecular weight excluding hydrogens is 170 g/mol. The minimum absolute atomic E-state index is 0.147. The fraction of sp³-hybridized carbons (Fsp3) is 0.385. The Morgan fingerprint density at radius 1 is 1.14 bits per heavy atom. The van der Waals surface area contributed by atoms with Crippen molar-refractivity contribution in [3.8, 4) is 0 Å². The highest BCUT2D eigenvalue weighted by Gasteiger charge is 2.02. The molecule has 0 radical (unpaired) electrons. The molecule has 1 aromatic carbocycles. The number of benzene rings is 1. The molecule has 0 heterocycles. The Labute approximate surface area is 86.2 Å². The van der Waals surface area contributed by atoms with Crippen LogP contribution in [0.3, 0.4) is 0 Å². The summed E-state index contributed by atoms with van der Waals surface area (Å²) < 4.78 is 0. The van der Waals surface area contributed by atoms with E-state index in [9.17, 15) is 0 Å². The zero-order chi connectivity index (χ0) is 10.6. The molecule has 1 rings (SSSR count). The second kappa shape index (κ2) is 4.26. The van der Waals surface area contributed by atoms with E-state index in [1.54, 1.807) is 0 Å². The van der Waals surface area contributed by atoms with Gasteiger partial charge in [-0.15, -0.1) is 0 Å². The summed E-state index contributed by atoms with van der Waals surface area (Å²) in [5.41, 5.74) is 2.36. The Morgan fingerprint density at radius 3 is 2.21 bits per heavy atom. The van der Waals surface area contributed by atoms with E-state index >= 15 is 0 Å². The molecule has 0 amide bonds. The number of aliphatic imine (C=N–C) groups is 1. The van der Waals surface area contributed by atoms with Gasteiger partial charge in [0.1, 0.15) is 0 Å². The molecule has 74 valence electrons. The van der Waals surface area contributed by atoms with Crippen molar-refractivity contribution in [2.24, 2.45) is 10.4 Å². The van der Waals surface area contributed by atoms with E-state index in [1.165, 1.54) is 5.56 Å². The summed E-state index contributed by atoms with van der Waals surface area (Å²) in [7, 11) is 0. The van der Waals surface area contributed by atoms with Crippen LogP contribution in [0.2, 0.25) is 0 Å². The molecule has 0 aromatic heterocycles. The monoisotopic (exact) mass is 187 g/mol. The zero-order valence-corrected chi connectivity index (χ0v) is 9.33. The molecule has 0 aliphatic heterocycles. The van der Waals surface area contributed by atoms with Crippen molar-refractivity contribution in [1.29, 1.82) is 0 Å². The van der Waals surface area contributed by atoms with Crippen molar-refractivity contribution in [3.63, 3.8) is 0 Å². The van der Waals surface area contributed by atoms with E-state index in [0.29, 0.717) is 0 Å². The molecule has 1 aromatic rings. The third-order valence-corrected chi connectivity index (χ3v) is 1.73. The molecule has 14 heavy (non-hydrogen) atoms. The lowest BCUT2D eigenvalue weighted by atomic mass is 9.98. The highest BCUT2D eigenvalue weighted by atomic mass is 14.7. The van der Waals surface area contributed by atoms with Crippen LogP contribution in [-0.4, -0.2) is 5.87 Å². The molecule has 0 saturated carbocycles. The SMILES string of the molecule is Cc1ccc(N=C=CC(C)(C)C)cc1. The second-order valence-corrected chi connectivity index (χ2v) is 4.59. The predicted molar refractivity (Wildman–Crippen MR) is 62.3 cm³/mol. The molecule has 0 aliphatic rings. The van der Waals surface area contributed by atoms with E-state index in [2.05, 4.69) is 50.7 Å². The molecule has 0 fully saturated rings. The number of hydrogen-bond donors (Lipinski definition) is 0. The lowest BCUT2D eigenvalue weighted by Crippen LogP contribution is -1.98. The Morgan fingerprint density at radius 2 is 1.71 bits per heavy atom. The van der Waals surface area contributed by atoms with Gasteiger partial charge in [-0.2, -0.15) is 0 Å². The first-order valence-electron chi connectivity index (χ1n) is 4.85. The maximum Gasteiger partial charge on any atom is 0.0729 e. The standard InChI is InChI=1S/C13H17N/c1-11-5-7-12(8-6-11)14-10-9-13(2,3)4/h5-9H,1-4H3. The van der Waals surface area contributed by atoms with Crippen LogP contribution in [0.5, 0.6) is 0 Å². The van der Waals surface area contributed by atoms with Gasteiger partial charge in [0.15, 0.2) is 0 Å². The highest BCUT2D eigenvalue weighted by molar-refractivity contribution is 5.59. The fourth-order valence-corrected chi connectivity index (χ4v) is 0.920. The largest absolute Gasteiger partial charge is 0.207 e. The molecule has 0 unspecified atom stereocenters. The van der Waals surface area contributed by atoms with Crippen LogP contribution in [0.15, 0.2) is 35.3 Å². The summed E-state index contributed by atoms with van der Waals surface area (Å²) in [5.74, 6) is 2.96. The van der Waals surface area contributed by atoms with Crippen LogP contribution < -0.4 is 0 Å². The summed E-state index contributed by atoms with van der Waals surface area (Å²) in [6, 6.07) is 8.10.